The molecule has 2 aromatic rings. The van der Waals surface area contributed by atoms with E-state index in [0.29, 0.717) is 6.04 Å². The summed E-state index contributed by atoms with van der Waals surface area (Å²) in [4.78, 5) is 0. The van der Waals surface area contributed by atoms with Gasteiger partial charge in [0.15, 0.2) is 0 Å². The summed E-state index contributed by atoms with van der Waals surface area (Å²) in [5, 5.41) is 7.83. The van der Waals surface area contributed by atoms with Crippen molar-refractivity contribution in [2.75, 3.05) is 7.05 Å². The van der Waals surface area contributed by atoms with Crippen molar-refractivity contribution < 1.29 is 0 Å². The van der Waals surface area contributed by atoms with Crippen LogP contribution in [0.3, 0.4) is 0 Å². The van der Waals surface area contributed by atoms with Gasteiger partial charge in [0, 0.05) is 11.6 Å². The summed E-state index contributed by atoms with van der Waals surface area (Å²) < 4.78 is 5.31. The Labute approximate surface area is 142 Å². The first kappa shape index (κ1) is 15.7. The predicted molar refractivity (Wildman–Crippen MR) is 90.9 cm³/mol. The molecular formula is C12H14Br3N3S. The average Bonchev–Trinajstić information content (AvgIpc) is 2.85. The molecule has 0 radical (unpaired) electrons. The van der Waals surface area contributed by atoms with Gasteiger partial charge in [0.1, 0.15) is 0 Å². The van der Waals surface area contributed by atoms with Crippen LogP contribution >= 0.6 is 59.1 Å². The maximum absolute atomic E-state index is 4.45. The Bertz CT molecular complexity index is 577. The molecule has 0 aliphatic heterocycles. The molecule has 0 aromatic carbocycles. The van der Waals surface area contributed by atoms with E-state index in [1.54, 1.807) is 11.3 Å². The standard InChI is InChI=1S/C12H14Br3N3S/c1-6(2)18-11(8(13)5-17-18)10(16-3)7-4-9(14)19-12(7)15/h4-6,10,16H,1-3H3. The highest BCUT2D eigenvalue weighted by Gasteiger charge is 2.24. The SMILES string of the molecule is CNC(c1cc(Br)sc1Br)c1c(Br)cnn1C(C)C. The Kier molecular flexibility index (Phi) is 5.28. The number of hydrogen-bond acceptors (Lipinski definition) is 3. The van der Waals surface area contributed by atoms with Gasteiger partial charge in [-0.25, -0.2) is 0 Å². The zero-order valence-electron chi connectivity index (χ0n) is 10.7. The molecule has 0 aliphatic carbocycles. The zero-order chi connectivity index (χ0) is 14.2. The summed E-state index contributed by atoms with van der Waals surface area (Å²) in [6, 6.07) is 2.55. The third kappa shape index (κ3) is 3.15. The van der Waals surface area contributed by atoms with Crippen molar-refractivity contribution in [2.45, 2.75) is 25.9 Å². The van der Waals surface area contributed by atoms with E-state index >= 15 is 0 Å². The van der Waals surface area contributed by atoms with E-state index < -0.39 is 0 Å². The highest BCUT2D eigenvalue weighted by atomic mass is 79.9. The summed E-state index contributed by atoms with van der Waals surface area (Å²) in [6.45, 7) is 4.27. The molecule has 7 heteroatoms. The monoisotopic (exact) mass is 469 g/mol. The summed E-state index contributed by atoms with van der Waals surface area (Å²) in [5.74, 6) is 0. The third-order valence-electron chi connectivity index (χ3n) is 2.83. The minimum Gasteiger partial charge on any atom is -0.308 e. The largest absolute Gasteiger partial charge is 0.308 e. The number of halogens is 3. The van der Waals surface area contributed by atoms with Crippen molar-refractivity contribution in [3.05, 3.63) is 35.6 Å². The topological polar surface area (TPSA) is 29.9 Å². The summed E-state index contributed by atoms with van der Waals surface area (Å²) in [7, 11) is 1.97. The van der Waals surface area contributed by atoms with Crippen molar-refractivity contribution in [1.29, 1.82) is 0 Å². The van der Waals surface area contributed by atoms with Crippen molar-refractivity contribution in [3.8, 4) is 0 Å². The van der Waals surface area contributed by atoms with Gasteiger partial charge in [-0.15, -0.1) is 11.3 Å². The van der Waals surface area contributed by atoms with Crippen LogP contribution in [0.1, 0.15) is 37.2 Å². The summed E-state index contributed by atoms with van der Waals surface area (Å²) >= 11 is 12.5. The Hall–Kier alpha value is 0.310. The molecule has 0 aliphatic rings. The number of hydrogen-bond donors (Lipinski definition) is 1. The first-order valence-electron chi connectivity index (χ1n) is 5.80. The molecule has 2 rings (SSSR count). The van der Waals surface area contributed by atoms with Gasteiger partial charge in [-0.2, -0.15) is 5.10 Å². The van der Waals surface area contributed by atoms with Gasteiger partial charge in [-0.3, -0.25) is 4.68 Å². The minimum absolute atomic E-state index is 0.0937. The zero-order valence-corrected chi connectivity index (χ0v) is 16.3. The Balaban J connectivity index is 2.54. The van der Waals surface area contributed by atoms with Crippen molar-refractivity contribution in [1.82, 2.24) is 15.1 Å². The van der Waals surface area contributed by atoms with Crippen LogP contribution in [-0.4, -0.2) is 16.8 Å². The van der Waals surface area contributed by atoms with Gasteiger partial charge in [-0.05, 0) is 74.8 Å². The van der Waals surface area contributed by atoms with E-state index in [0.717, 1.165) is 17.7 Å². The summed E-state index contributed by atoms with van der Waals surface area (Å²) in [5.41, 5.74) is 2.35. The quantitative estimate of drug-likeness (QED) is 0.670. The molecular weight excluding hydrogens is 458 g/mol. The predicted octanol–water partition coefficient (Wildman–Crippen LogP) is 5.12. The summed E-state index contributed by atoms with van der Waals surface area (Å²) in [6.07, 6.45) is 1.86. The van der Waals surface area contributed by atoms with Crippen LogP contribution in [0.15, 0.2) is 24.3 Å². The molecule has 3 nitrogen and oxygen atoms in total. The van der Waals surface area contributed by atoms with Gasteiger partial charge in [-0.1, -0.05) is 0 Å². The average molecular weight is 472 g/mol. The third-order valence-corrected chi connectivity index (χ3v) is 5.83. The van der Waals surface area contributed by atoms with Gasteiger partial charge in [0.2, 0.25) is 0 Å². The molecule has 1 N–H and O–H groups in total. The molecule has 0 saturated heterocycles. The molecule has 0 saturated carbocycles. The minimum atomic E-state index is 0.0937. The molecule has 2 heterocycles. The van der Waals surface area contributed by atoms with E-state index in [1.165, 1.54) is 5.56 Å². The van der Waals surface area contributed by atoms with Crippen LogP contribution in [0.5, 0.6) is 0 Å². The fraction of sp³-hybridized carbons (Fsp3) is 0.417. The van der Waals surface area contributed by atoms with Crippen LogP contribution in [-0.2, 0) is 0 Å². The van der Waals surface area contributed by atoms with E-state index in [2.05, 4.69) is 78.1 Å². The number of nitrogens with zero attached hydrogens (tertiary/aromatic N) is 2. The fourth-order valence-corrected chi connectivity index (χ4v) is 5.43. The lowest BCUT2D eigenvalue weighted by Crippen LogP contribution is -2.22. The van der Waals surface area contributed by atoms with Crippen LogP contribution in [0.2, 0.25) is 0 Å². The van der Waals surface area contributed by atoms with Crippen molar-refractivity contribution in [2.24, 2.45) is 0 Å². The van der Waals surface area contributed by atoms with Crippen LogP contribution in [0, 0.1) is 0 Å². The smallest absolute Gasteiger partial charge is 0.0777 e. The number of aromatic nitrogens is 2. The molecule has 1 atom stereocenters. The van der Waals surface area contributed by atoms with E-state index in [1.807, 2.05) is 17.9 Å². The van der Waals surface area contributed by atoms with E-state index in [9.17, 15) is 0 Å². The second kappa shape index (κ2) is 6.39. The Morgan fingerprint density at radius 3 is 2.47 bits per heavy atom. The molecule has 1 unspecified atom stereocenters. The van der Waals surface area contributed by atoms with E-state index in [4.69, 9.17) is 0 Å². The lowest BCUT2D eigenvalue weighted by molar-refractivity contribution is 0.483. The Morgan fingerprint density at radius 2 is 2.00 bits per heavy atom. The number of nitrogens with one attached hydrogen (secondary N) is 1. The number of rotatable bonds is 4. The maximum atomic E-state index is 4.45. The van der Waals surface area contributed by atoms with Gasteiger partial charge in [0.05, 0.1) is 30.0 Å². The van der Waals surface area contributed by atoms with Crippen molar-refractivity contribution in [3.63, 3.8) is 0 Å². The molecule has 0 amide bonds. The lowest BCUT2D eigenvalue weighted by Gasteiger charge is -2.20. The highest BCUT2D eigenvalue weighted by Crippen LogP contribution is 2.39. The van der Waals surface area contributed by atoms with Gasteiger partial charge < -0.3 is 5.32 Å². The Morgan fingerprint density at radius 1 is 1.32 bits per heavy atom. The maximum Gasteiger partial charge on any atom is 0.0777 e. The first-order chi connectivity index (χ1) is 8.95. The molecule has 0 fully saturated rings. The molecule has 19 heavy (non-hydrogen) atoms. The molecule has 0 spiro atoms. The van der Waals surface area contributed by atoms with Crippen LogP contribution in [0.4, 0.5) is 0 Å². The van der Waals surface area contributed by atoms with Crippen molar-refractivity contribution >= 4 is 59.1 Å². The van der Waals surface area contributed by atoms with E-state index in [-0.39, 0.29) is 6.04 Å². The van der Waals surface area contributed by atoms with Crippen LogP contribution in [0.25, 0.3) is 0 Å². The lowest BCUT2D eigenvalue weighted by atomic mass is 10.1. The normalized spacial score (nSPS) is 13.2. The molecule has 2 aromatic heterocycles. The fourth-order valence-electron chi connectivity index (χ4n) is 2.02. The second-order valence-electron chi connectivity index (χ2n) is 4.42. The number of thiophene rings is 1. The molecule has 0 bridgehead atoms. The highest BCUT2D eigenvalue weighted by molar-refractivity contribution is 9.12. The molecule has 104 valence electrons. The van der Waals surface area contributed by atoms with Crippen LogP contribution < -0.4 is 5.32 Å². The van der Waals surface area contributed by atoms with Gasteiger partial charge >= 0.3 is 0 Å². The first-order valence-corrected chi connectivity index (χ1v) is 9.00. The second-order valence-corrected chi connectivity index (χ2v) is 9.02. The van der Waals surface area contributed by atoms with Gasteiger partial charge in [0.25, 0.3) is 0 Å².